The van der Waals surface area contributed by atoms with Crippen molar-refractivity contribution < 1.29 is 9.90 Å². The van der Waals surface area contributed by atoms with E-state index in [-0.39, 0.29) is 5.92 Å². The Morgan fingerprint density at radius 2 is 2.06 bits per heavy atom. The van der Waals surface area contributed by atoms with Gasteiger partial charge in [0.1, 0.15) is 0 Å². The van der Waals surface area contributed by atoms with Gasteiger partial charge in [0.25, 0.3) is 0 Å². The molecular weight excluding hydrogens is 228 g/mol. The molecule has 4 nitrogen and oxygen atoms in total. The highest BCUT2D eigenvalue weighted by molar-refractivity contribution is 5.70. The van der Waals surface area contributed by atoms with Gasteiger partial charge < -0.3 is 15.3 Å². The minimum atomic E-state index is -0.595. The Morgan fingerprint density at radius 3 is 2.78 bits per heavy atom. The van der Waals surface area contributed by atoms with Gasteiger partial charge in [-0.25, -0.2) is 0 Å². The van der Waals surface area contributed by atoms with E-state index in [1.54, 1.807) is 0 Å². The first kappa shape index (κ1) is 13.8. The van der Waals surface area contributed by atoms with E-state index in [0.29, 0.717) is 12.0 Å². The molecule has 1 aliphatic heterocycles. The molecular formula is C14H26N2O2. The lowest BCUT2D eigenvalue weighted by Gasteiger charge is -2.34. The van der Waals surface area contributed by atoms with Gasteiger partial charge in [-0.3, -0.25) is 4.79 Å². The summed E-state index contributed by atoms with van der Waals surface area (Å²) >= 11 is 0. The normalized spacial score (nSPS) is 34.4. The molecule has 3 atom stereocenters. The highest BCUT2D eigenvalue weighted by Gasteiger charge is 2.31. The zero-order valence-electron chi connectivity index (χ0n) is 11.4. The third kappa shape index (κ3) is 3.69. The van der Waals surface area contributed by atoms with E-state index >= 15 is 0 Å². The van der Waals surface area contributed by atoms with Crippen LogP contribution in [-0.4, -0.2) is 48.7 Å². The molecule has 1 saturated heterocycles. The summed E-state index contributed by atoms with van der Waals surface area (Å²) in [6.45, 7) is 3.18. The number of hydrogen-bond donors (Lipinski definition) is 2. The maximum absolute atomic E-state index is 11.2. The fourth-order valence-electron chi connectivity index (χ4n) is 3.43. The number of likely N-dealkylation sites (N-methyl/N-ethyl adjacent to an activating group) is 1. The van der Waals surface area contributed by atoms with Crippen molar-refractivity contribution in [2.24, 2.45) is 11.8 Å². The number of likely N-dealkylation sites (tertiary alicyclic amines) is 1. The summed E-state index contributed by atoms with van der Waals surface area (Å²) < 4.78 is 0. The highest BCUT2D eigenvalue weighted by Crippen LogP contribution is 2.30. The number of carboxylic acid groups (broad SMARTS) is 1. The predicted molar refractivity (Wildman–Crippen MR) is 71.6 cm³/mol. The van der Waals surface area contributed by atoms with Crippen molar-refractivity contribution in [2.45, 2.75) is 44.6 Å². The van der Waals surface area contributed by atoms with E-state index in [1.807, 2.05) is 0 Å². The molecule has 2 N–H and O–H groups in total. The first-order chi connectivity index (χ1) is 8.66. The molecule has 2 fully saturated rings. The molecule has 0 radical (unpaired) electrons. The Bertz CT molecular complexity index is 283. The number of hydrogen-bond acceptors (Lipinski definition) is 3. The van der Waals surface area contributed by atoms with Crippen molar-refractivity contribution >= 4 is 5.97 Å². The fourth-order valence-corrected chi connectivity index (χ4v) is 3.43. The van der Waals surface area contributed by atoms with E-state index in [0.717, 1.165) is 32.4 Å². The van der Waals surface area contributed by atoms with Crippen LogP contribution >= 0.6 is 0 Å². The fraction of sp³-hybridized carbons (Fsp3) is 0.929. The minimum absolute atomic E-state index is 0.118. The molecule has 0 bridgehead atoms. The van der Waals surface area contributed by atoms with Crippen LogP contribution in [0.5, 0.6) is 0 Å². The SMILES string of the molecule is CN1CCCC(NCC2CCCCC2C(=O)O)C1. The summed E-state index contributed by atoms with van der Waals surface area (Å²) in [4.78, 5) is 13.6. The van der Waals surface area contributed by atoms with Gasteiger partial charge in [0, 0.05) is 12.6 Å². The third-order valence-corrected chi connectivity index (χ3v) is 4.52. The van der Waals surface area contributed by atoms with E-state index in [4.69, 9.17) is 0 Å². The lowest BCUT2D eigenvalue weighted by molar-refractivity contribution is -0.144. The number of carboxylic acids is 1. The van der Waals surface area contributed by atoms with Gasteiger partial charge in [0.05, 0.1) is 5.92 Å². The van der Waals surface area contributed by atoms with Crippen LogP contribution < -0.4 is 5.32 Å². The van der Waals surface area contributed by atoms with E-state index < -0.39 is 5.97 Å². The first-order valence-electron chi connectivity index (χ1n) is 7.31. The van der Waals surface area contributed by atoms with Crippen molar-refractivity contribution in [3.8, 4) is 0 Å². The average Bonchev–Trinajstić information content (AvgIpc) is 2.37. The van der Waals surface area contributed by atoms with Gasteiger partial charge in [-0.05, 0) is 51.7 Å². The smallest absolute Gasteiger partial charge is 0.306 e. The zero-order chi connectivity index (χ0) is 13.0. The second kappa shape index (κ2) is 6.53. The maximum Gasteiger partial charge on any atom is 0.306 e. The van der Waals surface area contributed by atoms with Crippen LogP contribution in [0.2, 0.25) is 0 Å². The largest absolute Gasteiger partial charge is 0.481 e. The van der Waals surface area contributed by atoms with Crippen molar-refractivity contribution in [1.29, 1.82) is 0 Å². The van der Waals surface area contributed by atoms with Crippen molar-refractivity contribution in [2.75, 3.05) is 26.7 Å². The number of carbonyl (C=O) groups is 1. The molecule has 2 aliphatic rings. The molecule has 4 heteroatoms. The molecule has 0 aromatic heterocycles. The van der Waals surface area contributed by atoms with Crippen LogP contribution in [-0.2, 0) is 4.79 Å². The van der Waals surface area contributed by atoms with Crippen LogP contribution in [0.3, 0.4) is 0 Å². The van der Waals surface area contributed by atoms with Crippen LogP contribution in [0.4, 0.5) is 0 Å². The Morgan fingerprint density at radius 1 is 1.28 bits per heavy atom. The predicted octanol–water partition coefficient (Wildman–Crippen LogP) is 1.56. The monoisotopic (exact) mass is 254 g/mol. The first-order valence-corrected chi connectivity index (χ1v) is 7.31. The zero-order valence-corrected chi connectivity index (χ0v) is 11.4. The van der Waals surface area contributed by atoms with Gasteiger partial charge in [0.2, 0.25) is 0 Å². The molecule has 0 spiro atoms. The van der Waals surface area contributed by atoms with Gasteiger partial charge in [0.15, 0.2) is 0 Å². The molecule has 0 aromatic carbocycles. The summed E-state index contributed by atoms with van der Waals surface area (Å²) in [5.74, 6) is -0.377. The van der Waals surface area contributed by atoms with Crippen LogP contribution in [0.1, 0.15) is 38.5 Å². The highest BCUT2D eigenvalue weighted by atomic mass is 16.4. The van der Waals surface area contributed by atoms with Crippen molar-refractivity contribution in [1.82, 2.24) is 10.2 Å². The maximum atomic E-state index is 11.2. The Kier molecular flexibility index (Phi) is 5.01. The number of nitrogens with one attached hydrogen (secondary N) is 1. The van der Waals surface area contributed by atoms with E-state index in [1.165, 1.54) is 25.8 Å². The Hall–Kier alpha value is -0.610. The lowest BCUT2D eigenvalue weighted by Crippen LogP contribution is -2.46. The topological polar surface area (TPSA) is 52.6 Å². The second-order valence-electron chi connectivity index (χ2n) is 6.00. The molecule has 0 aromatic rings. The number of aliphatic carboxylic acids is 1. The molecule has 18 heavy (non-hydrogen) atoms. The molecule has 1 saturated carbocycles. The van der Waals surface area contributed by atoms with Crippen molar-refractivity contribution in [3.63, 3.8) is 0 Å². The average molecular weight is 254 g/mol. The summed E-state index contributed by atoms with van der Waals surface area (Å²) in [6, 6.07) is 0.556. The van der Waals surface area contributed by atoms with Crippen molar-refractivity contribution in [3.05, 3.63) is 0 Å². The van der Waals surface area contributed by atoms with Gasteiger partial charge in [-0.1, -0.05) is 12.8 Å². The number of piperidine rings is 1. The quantitative estimate of drug-likeness (QED) is 0.799. The number of nitrogens with zero attached hydrogens (tertiary/aromatic N) is 1. The Balaban J connectivity index is 1.78. The second-order valence-corrected chi connectivity index (χ2v) is 6.00. The summed E-state index contributed by atoms with van der Waals surface area (Å²) in [5.41, 5.74) is 0. The van der Waals surface area contributed by atoms with Gasteiger partial charge in [-0.2, -0.15) is 0 Å². The minimum Gasteiger partial charge on any atom is -0.481 e. The molecule has 104 valence electrons. The number of rotatable bonds is 4. The van der Waals surface area contributed by atoms with E-state index in [2.05, 4.69) is 17.3 Å². The molecule has 1 heterocycles. The summed E-state index contributed by atoms with van der Waals surface area (Å²) in [6.07, 6.45) is 6.70. The molecule has 3 unspecified atom stereocenters. The standard InChI is InChI=1S/C14H26N2O2/c1-16-8-4-6-12(10-16)15-9-11-5-2-3-7-13(11)14(17)18/h11-13,15H,2-10H2,1H3,(H,17,18). The lowest BCUT2D eigenvalue weighted by atomic mass is 9.79. The molecule has 2 rings (SSSR count). The van der Waals surface area contributed by atoms with Crippen LogP contribution in [0.25, 0.3) is 0 Å². The van der Waals surface area contributed by atoms with E-state index in [9.17, 15) is 9.90 Å². The van der Waals surface area contributed by atoms with Gasteiger partial charge >= 0.3 is 5.97 Å². The van der Waals surface area contributed by atoms with Gasteiger partial charge in [-0.15, -0.1) is 0 Å². The summed E-state index contributed by atoms with van der Waals surface area (Å²) in [7, 11) is 2.16. The molecule has 0 amide bonds. The summed E-state index contributed by atoms with van der Waals surface area (Å²) in [5, 5.41) is 12.9. The van der Waals surface area contributed by atoms with Crippen LogP contribution in [0, 0.1) is 11.8 Å². The Labute approximate surface area is 110 Å². The molecule has 1 aliphatic carbocycles. The van der Waals surface area contributed by atoms with Crippen LogP contribution in [0.15, 0.2) is 0 Å². The third-order valence-electron chi connectivity index (χ3n) is 4.52.